The second-order valence-electron chi connectivity index (χ2n) is 6.76. The number of hydrogen-bond acceptors (Lipinski definition) is 6. The zero-order valence-electron chi connectivity index (χ0n) is 16.3. The normalized spacial score (nSPS) is 14.2. The van der Waals surface area contributed by atoms with Crippen molar-refractivity contribution >= 4 is 33.0 Å². The summed E-state index contributed by atoms with van der Waals surface area (Å²) < 4.78 is 36.6. The number of methoxy groups -OCH3 is 1. The van der Waals surface area contributed by atoms with Gasteiger partial charge in [-0.1, -0.05) is 12.1 Å². The van der Waals surface area contributed by atoms with Gasteiger partial charge in [0.1, 0.15) is 11.5 Å². The zero-order chi connectivity index (χ0) is 21.2. The van der Waals surface area contributed by atoms with Gasteiger partial charge < -0.3 is 20.1 Å². The molecule has 0 fully saturated rings. The number of benzene rings is 2. The van der Waals surface area contributed by atoms with E-state index in [2.05, 4.69) is 10.6 Å². The van der Waals surface area contributed by atoms with E-state index in [0.717, 1.165) is 0 Å². The fraction of sp³-hybridized carbons (Fsp3) is 0.300. The minimum Gasteiger partial charge on any atom is -0.495 e. The third-order valence-corrected chi connectivity index (χ3v) is 6.88. The lowest BCUT2D eigenvalue weighted by Gasteiger charge is -2.21. The molecule has 9 heteroatoms. The maximum Gasteiger partial charge on any atom is 0.262 e. The van der Waals surface area contributed by atoms with Crippen LogP contribution in [0.15, 0.2) is 41.3 Å². The van der Waals surface area contributed by atoms with E-state index in [9.17, 15) is 18.0 Å². The van der Waals surface area contributed by atoms with E-state index >= 15 is 0 Å². The highest BCUT2D eigenvalue weighted by atomic mass is 32.2. The molecule has 0 radical (unpaired) electrons. The fourth-order valence-electron chi connectivity index (χ4n) is 3.06. The van der Waals surface area contributed by atoms with Crippen molar-refractivity contribution in [2.75, 3.05) is 24.4 Å². The van der Waals surface area contributed by atoms with Crippen LogP contribution in [0.4, 0.5) is 11.4 Å². The van der Waals surface area contributed by atoms with Crippen LogP contribution in [-0.2, 0) is 19.4 Å². The molecule has 1 aliphatic rings. The molecule has 154 valence electrons. The highest BCUT2D eigenvalue weighted by molar-refractivity contribution is 7.92. The second-order valence-corrected chi connectivity index (χ2v) is 9.09. The molecule has 1 unspecified atom stereocenters. The van der Waals surface area contributed by atoms with Gasteiger partial charge in [-0.2, -0.15) is 0 Å². The smallest absolute Gasteiger partial charge is 0.262 e. The molecule has 3 rings (SSSR count). The van der Waals surface area contributed by atoms with Crippen molar-refractivity contribution in [3.05, 3.63) is 42.0 Å². The SMILES string of the molecule is COc1ccccc1NC(=O)CC(C)S(=O)(=O)c1cc2c(cc1C)NC(=O)CO2. The molecule has 1 aliphatic heterocycles. The number of amides is 2. The number of sulfone groups is 1. The van der Waals surface area contributed by atoms with Crippen LogP contribution in [0.25, 0.3) is 0 Å². The van der Waals surface area contributed by atoms with Crippen LogP contribution >= 0.6 is 0 Å². The first-order chi connectivity index (χ1) is 13.7. The number of carbonyl (C=O) groups excluding carboxylic acids is 2. The Morgan fingerprint density at radius 1 is 1.31 bits per heavy atom. The molecule has 1 atom stereocenters. The van der Waals surface area contributed by atoms with Crippen LogP contribution < -0.4 is 20.1 Å². The molecular formula is C20H22N2O6S. The summed E-state index contributed by atoms with van der Waals surface area (Å²) in [6, 6.07) is 9.84. The summed E-state index contributed by atoms with van der Waals surface area (Å²) in [7, 11) is -2.32. The monoisotopic (exact) mass is 418 g/mol. The van der Waals surface area contributed by atoms with Gasteiger partial charge in [-0.15, -0.1) is 0 Å². The average Bonchev–Trinajstić information content (AvgIpc) is 2.67. The summed E-state index contributed by atoms with van der Waals surface area (Å²) in [6.45, 7) is 2.95. The number of rotatable bonds is 6. The number of anilines is 2. The van der Waals surface area contributed by atoms with Crippen LogP contribution in [-0.4, -0.2) is 39.2 Å². The van der Waals surface area contributed by atoms with Gasteiger partial charge in [0.15, 0.2) is 16.4 Å². The largest absolute Gasteiger partial charge is 0.495 e. The summed E-state index contributed by atoms with van der Waals surface area (Å²) in [5, 5.41) is 4.36. The highest BCUT2D eigenvalue weighted by Crippen LogP contribution is 2.34. The molecule has 2 amide bonds. The first kappa shape index (κ1) is 20.7. The standard InChI is InChI=1S/C20H22N2O6S/c1-12-8-15-17(28-11-20(24)22-15)10-18(12)29(25,26)13(2)9-19(23)21-14-6-4-5-7-16(14)27-3/h4-8,10,13H,9,11H2,1-3H3,(H,21,23)(H,22,24). The zero-order valence-corrected chi connectivity index (χ0v) is 17.1. The highest BCUT2D eigenvalue weighted by Gasteiger charge is 2.29. The Hall–Kier alpha value is -3.07. The molecule has 8 nitrogen and oxygen atoms in total. The minimum absolute atomic E-state index is 0.0741. The van der Waals surface area contributed by atoms with E-state index < -0.39 is 21.0 Å². The Morgan fingerprint density at radius 2 is 2.03 bits per heavy atom. The van der Waals surface area contributed by atoms with Crippen molar-refractivity contribution in [1.82, 2.24) is 0 Å². The van der Waals surface area contributed by atoms with Gasteiger partial charge in [0.25, 0.3) is 5.91 Å². The maximum absolute atomic E-state index is 13.1. The van der Waals surface area contributed by atoms with E-state index in [-0.39, 0.29) is 23.8 Å². The van der Waals surface area contributed by atoms with Crippen LogP contribution in [0.1, 0.15) is 18.9 Å². The van der Waals surface area contributed by atoms with Gasteiger partial charge in [-0.25, -0.2) is 8.42 Å². The average molecular weight is 418 g/mol. The number of aryl methyl sites for hydroxylation is 1. The Bertz CT molecular complexity index is 1060. The summed E-state index contributed by atoms with van der Waals surface area (Å²) in [5.74, 6) is 0.0409. The van der Waals surface area contributed by atoms with E-state index in [1.165, 1.54) is 20.1 Å². The van der Waals surface area contributed by atoms with Crippen molar-refractivity contribution in [1.29, 1.82) is 0 Å². The third-order valence-electron chi connectivity index (χ3n) is 4.60. The summed E-state index contributed by atoms with van der Waals surface area (Å²) in [5.41, 5.74) is 1.37. The number of nitrogens with one attached hydrogen (secondary N) is 2. The number of carbonyl (C=O) groups is 2. The van der Waals surface area contributed by atoms with Crippen LogP contribution in [0, 0.1) is 6.92 Å². The van der Waals surface area contributed by atoms with Gasteiger partial charge >= 0.3 is 0 Å². The number of hydrogen-bond donors (Lipinski definition) is 2. The molecule has 2 aromatic rings. The topological polar surface area (TPSA) is 111 Å². The number of fused-ring (bicyclic) bond motifs is 1. The fourth-order valence-corrected chi connectivity index (χ4v) is 4.64. The lowest BCUT2D eigenvalue weighted by molar-refractivity contribution is -0.118. The summed E-state index contributed by atoms with van der Waals surface area (Å²) in [6.07, 6.45) is -0.228. The summed E-state index contributed by atoms with van der Waals surface area (Å²) >= 11 is 0. The molecule has 2 N–H and O–H groups in total. The Labute approximate surface area is 169 Å². The van der Waals surface area contributed by atoms with Crippen molar-refractivity contribution in [3.63, 3.8) is 0 Å². The molecule has 0 bridgehead atoms. The molecule has 0 aliphatic carbocycles. The third kappa shape index (κ3) is 4.34. The Kier molecular flexibility index (Phi) is 5.78. The first-order valence-corrected chi connectivity index (χ1v) is 10.5. The Balaban J connectivity index is 1.79. The minimum atomic E-state index is -3.80. The molecule has 0 saturated carbocycles. The second kappa shape index (κ2) is 8.12. The van der Waals surface area contributed by atoms with Crippen molar-refractivity contribution in [2.45, 2.75) is 30.4 Å². The van der Waals surface area contributed by atoms with Crippen molar-refractivity contribution in [2.24, 2.45) is 0 Å². The molecule has 29 heavy (non-hydrogen) atoms. The lowest BCUT2D eigenvalue weighted by Crippen LogP contribution is -2.27. The maximum atomic E-state index is 13.1. The lowest BCUT2D eigenvalue weighted by atomic mass is 10.2. The van der Waals surface area contributed by atoms with Crippen molar-refractivity contribution < 1.29 is 27.5 Å². The van der Waals surface area contributed by atoms with E-state index in [4.69, 9.17) is 9.47 Å². The first-order valence-electron chi connectivity index (χ1n) is 8.96. The molecule has 0 saturated heterocycles. The van der Waals surface area contributed by atoms with E-state index in [1.54, 1.807) is 37.3 Å². The molecule has 1 heterocycles. The summed E-state index contributed by atoms with van der Waals surface area (Å²) in [4.78, 5) is 23.9. The van der Waals surface area contributed by atoms with Crippen molar-refractivity contribution in [3.8, 4) is 11.5 Å². The quantitative estimate of drug-likeness (QED) is 0.746. The van der Waals surface area contributed by atoms with Gasteiger partial charge in [-0.3, -0.25) is 9.59 Å². The van der Waals surface area contributed by atoms with Crippen LogP contribution in [0.3, 0.4) is 0 Å². The predicted molar refractivity (Wildman–Crippen MR) is 108 cm³/mol. The number of ether oxygens (including phenoxy) is 2. The molecular weight excluding hydrogens is 396 g/mol. The van der Waals surface area contributed by atoms with E-state index in [1.807, 2.05) is 0 Å². The van der Waals surface area contributed by atoms with Gasteiger partial charge in [0.05, 0.1) is 28.6 Å². The van der Waals surface area contributed by atoms with Gasteiger partial charge in [-0.05, 0) is 37.6 Å². The molecule has 2 aromatic carbocycles. The van der Waals surface area contributed by atoms with Gasteiger partial charge in [0, 0.05) is 12.5 Å². The predicted octanol–water partition coefficient (Wildman–Crippen LogP) is 2.53. The van der Waals surface area contributed by atoms with Crippen LogP contribution in [0.2, 0.25) is 0 Å². The Morgan fingerprint density at radius 3 is 2.76 bits per heavy atom. The molecule has 0 aromatic heterocycles. The van der Waals surface area contributed by atoms with Gasteiger partial charge in [0.2, 0.25) is 5.91 Å². The molecule has 0 spiro atoms. The van der Waals surface area contributed by atoms with E-state index in [0.29, 0.717) is 28.4 Å². The van der Waals surface area contributed by atoms with Crippen LogP contribution in [0.5, 0.6) is 11.5 Å². The number of para-hydroxylation sites is 2.